The minimum Gasteiger partial charge on any atom is -0.426 e. The molecule has 2 aromatic rings. The first-order chi connectivity index (χ1) is 14.2. The molecule has 0 N–H and O–H groups in total. The molecule has 3 nitrogen and oxygen atoms in total. The van der Waals surface area contributed by atoms with E-state index in [9.17, 15) is 4.79 Å². The highest BCUT2D eigenvalue weighted by Gasteiger charge is 2.27. The van der Waals surface area contributed by atoms with E-state index in [1.807, 2.05) is 30.5 Å². The zero-order valence-electron chi connectivity index (χ0n) is 18.0. The first-order valence-electron chi connectivity index (χ1n) is 11.5. The number of aryl methyl sites for hydroxylation is 1. The largest absolute Gasteiger partial charge is 0.426 e. The Morgan fingerprint density at radius 3 is 2.31 bits per heavy atom. The van der Waals surface area contributed by atoms with Crippen molar-refractivity contribution in [3.05, 3.63) is 48.2 Å². The molecule has 1 heterocycles. The van der Waals surface area contributed by atoms with E-state index in [0.29, 0.717) is 5.75 Å². The maximum Gasteiger partial charge on any atom is 0.314 e. The molecule has 3 rings (SSSR count). The van der Waals surface area contributed by atoms with Gasteiger partial charge in [-0.05, 0) is 80.3 Å². The van der Waals surface area contributed by atoms with Gasteiger partial charge >= 0.3 is 5.97 Å². The van der Waals surface area contributed by atoms with Crippen LogP contribution in [0.1, 0.15) is 77.2 Å². The van der Waals surface area contributed by atoms with Crippen molar-refractivity contribution >= 4 is 5.97 Å². The third-order valence-electron chi connectivity index (χ3n) is 6.16. The van der Waals surface area contributed by atoms with E-state index in [-0.39, 0.29) is 11.9 Å². The van der Waals surface area contributed by atoms with Crippen LogP contribution in [-0.4, -0.2) is 11.0 Å². The molecular weight excluding hydrogens is 358 g/mol. The molecule has 1 fully saturated rings. The predicted octanol–water partition coefficient (Wildman–Crippen LogP) is 6.99. The van der Waals surface area contributed by atoms with Gasteiger partial charge in [0.05, 0.1) is 11.6 Å². The summed E-state index contributed by atoms with van der Waals surface area (Å²) < 4.78 is 5.67. The summed E-state index contributed by atoms with van der Waals surface area (Å²) in [5.41, 5.74) is 3.28. The number of aromatic nitrogens is 1. The van der Waals surface area contributed by atoms with Crippen molar-refractivity contribution in [2.75, 3.05) is 0 Å². The van der Waals surface area contributed by atoms with Crippen molar-refractivity contribution in [3.63, 3.8) is 0 Å². The van der Waals surface area contributed by atoms with E-state index in [4.69, 9.17) is 4.74 Å². The van der Waals surface area contributed by atoms with E-state index in [0.717, 1.165) is 36.4 Å². The van der Waals surface area contributed by atoms with E-state index < -0.39 is 0 Å². The molecule has 0 spiro atoms. The number of benzene rings is 1. The van der Waals surface area contributed by atoms with Crippen LogP contribution in [0, 0.1) is 11.8 Å². The molecule has 3 heteroatoms. The highest BCUT2D eigenvalue weighted by Crippen LogP contribution is 2.33. The fourth-order valence-electron chi connectivity index (χ4n) is 4.20. The zero-order valence-corrected chi connectivity index (χ0v) is 18.0. The summed E-state index contributed by atoms with van der Waals surface area (Å²) in [6, 6.07) is 12.0. The zero-order chi connectivity index (χ0) is 20.5. The lowest BCUT2D eigenvalue weighted by Crippen LogP contribution is -2.25. The number of esters is 1. The van der Waals surface area contributed by atoms with Gasteiger partial charge in [0.15, 0.2) is 0 Å². The summed E-state index contributed by atoms with van der Waals surface area (Å²) in [6.45, 7) is 4.45. The SMILES string of the molecule is CCCCc1ccc(-c2ccc(OC(=O)[C@H]3CC[C@H](CCCC)CC3)cc2)nc1. The fraction of sp³-hybridized carbons (Fsp3) is 0.538. The van der Waals surface area contributed by atoms with Gasteiger partial charge in [0, 0.05) is 11.8 Å². The van der Waals surface area contributed by atoms with Gasteiger partial charge in [0.25, 0.3) is 0 Å². The van der Waals surface area contributed by atoms with Gasteiger partial charge in [-0.2, -0.15) is 0 Å². The monoisotopic (exact) mass is 393 g/mol. The lowest BCUT2D eigenvalue weighted by molar-refractivity contribution is -0.140. The molecule has 156 valence electrons. The number of carbonyl (C=O) groups excluding carboxylic acids is 1. The van der Waals surface area contributed by atoms with Crippen LogP contribution in [0.15, 0.2) is 42.6 Å². The highest BCUT2D eigenvalue weighted by molar-refractivity contribution is 5.75. The minimum atomic E-state index is -0.0647. The molecule has 0 amide bonds. The van der Waals surface area contributed by atoms with Crippen LogP contribution in [0.5, 0.6) is 5.75 Å². The van der Waals surface area contributed by atoms with Crippen LogP contribution < -0.4 is 4.74 Å². The molecule has 29 heavy (non-hydrogen) atoms. The Bertz CT molecular complexity index is 743. The molecule has 1 aromatic heterocycles. The van der Waals surface area contributed by atoms with Crippen molar-refractivity contribution in [3.8, 4) is 17.0 Å². The normalized spacial score (nSPS) is 19.1. The van der Waals surface area contributed by atoms with Crippen molar-refractivity contribution in [2.24, 2.45) is 11.8 Å². The second-order valence-corrected chi connectivity index (χ2v) is 8.46. The first kappa shape index (κ1) is 21.5. The Morgan fingerprint density at radius 2 is 1.69 bits per heavy atom. The summed E-state index contributed by atoms with van der Waals surface area (Å²) in [6.07, 6.45) is 13.6. The van der Waals surface area contributed by atoms with Crippen LogP contribution in [0.25, 0.3) is 11.3 Å². The fourth-order valence-corrected chi connectivity index (χ4v) is 4.20. The maximum atomic E-state index is 12.5. The Hall–Kier alpha value is -2.16. The number of unbranched alkanes of at least 4 members (excludes halogenated alkanes) is 2. The van der Waals surface area contributed by atoms with Gasteiger partial charge in [-0.15, -0.1) is 0 Å². The predicted molar refractivity (Wildman–Crippen MR) is 119 cm³/mol. The van der Waals surface area contributed by atoms with Crippen LogP contribution in [0.4, 0.5) is 0 Å². The molecule has 0 saturated heterocycles. The van der Waals surface area contributed by atoms with Crippen molar-refractivity contribution < 1.29 is 9.53 Å². The second kappa shape index (κ2) is 11.1. The van der Waals surface area contributed by atoms with Crippen LogP contribution in [0.2, 0.25) is 0 Å². The quantitative estimate of drug-likeness (QED) is 0.340. The highest BCUT2D eigenvalue weighted by atomic mass is 16.5. The molecular formula is C26H35NO2. The summed E-state index contributed by atoms with van der Waals surface area (Å²) in [7, 11) is 0. The Morgan fingerprint density at radius 1 is 0.966 bits per heavy atom. The lowest BCUT2D eigenvalue weighted by atomic mass is 9.80. The van der Waals surface area contributed by atoms with Crippen LogP contribution in [-0.2, 0) is 11.2 Å². The third kappa shape index (κ3) is 6.42. The van der Waals surface area contributed by atoms with Gasteiger partial charge in [-0.3, -0.25) is 9.78 Å². The maximum absolute atomic E-state index is 12.5. The molecule has 1 saturated carbocycles. The number of carbonyl (C=O) groups is 1. The number of nitrogens with zero attached hydrogens (tertiary/aromatic N) is 1. The lowest BCUT2D eigenvalue weighted by Gasteiger charge is -2.27. The summed E-state index contributed by atoms with van der Waals surface area (Å²) in [4.78, 5) is 17.1. The molecule has 0 radical (unpaired) electrons. The number of hydrogen-bond acceptors (Lipinski definition) is 3. The van der Waals surface area contributed by atoms with Crippen LogP contribution in [0.3, 0.4) is 0 Å². The first-order valence-corrected chi connectivity index (χ1v) is 11.5. The van der Waals surface area contributed by atoms with E-state index in [2.05, 4.69) is 31.0 Å². The standard InChI is InChI=1S/C26H35NO2/c1-3-5-7-20-9-12-23(13-10-20)26(28)29-24-16-14-22(15-17-24)25-18-11-21(19-27-25)8-6-4-2/h11,14-20,23H,3-10,12-13H2,1-2H3/t20-,23-. The van der Waals surface area contributed by atoms with Crippen molar-refractivity contribution in [2.45, 2.75) is 78.1 Å². The van der Waals surface area contributed by atoms with Gasteiger partial charge in [-0.1, -0.05) is 45.6 Å². The summed E-state index contributed by atoms with van der Waals surface area (Å²) in [5, 5.41) is 0. The molecule has 1 aliphatic rings. The topological polar surface area (TPSA) is 39.2 Å². The molecule has 1 aromatic carbocycles. The van der Waals surface area contributed by atoms with Crippen LogP contribution >= 0.6 is 0 Å². The van der Waals surface area contributed by atoms with Gasteiger partial charge in [0.2, 0.25) is 0 Å². The number of ether oxygens (including phenoxy) is 1. The van der Waals surface area contributed by atoms with Gasteiger partial charge in [0.1, 0.15) is 5.75 Å². The average Bonchev–Trinajstić information content (AvgIpc) is 2.77. The molecule has 1 aliphatic carbocycles. The second-order valence-electron chi connectivity index (χ2n) is 8.46. The summed E-state index contributed by atoms with van der Waals surface area (Å²) in [5.74, 6) is 1.43. The molecule has 0 aliphatic heterocycles. The summed E-state index contributed by atoms with van der Waals surface area (Å²) >= 11 is 0. The van der Waals surface area contributed by atoms with Crippen molar-refractivity contribution in [1.82, 2.24) is 4.98 Å². The number of pyridine rings is 1. The number of hydrogen-bond donors (Lipinski definition) is 0. The Balaban J connectivity index is 1.51. The van der Waals surface area contributed by atoms with E-state index in [1.54, 1.807) is 0 Å². The minimum absolute atomic E-state index is 0.0601. The Kier molecular flexibility index (Phi) is 8.27. The van der Waals surface area contributed by atoms with E-state index in [1.165, 1.54) is 50.5 Å². The molecule has 0 atom stereocenters. The van der Waals surface area contributed by atoms with Gasteiger partial charge < -0.3 is 4.74 Å². The van der Waals surface area contributed by atoms with Crippen molar-refractivity contribution in [1.29, 1.82) is 0 Å². The molecule has 0 unspecified atom stereocenters. The average molecular weight is 394 g/mol. The molecule has 0 bridgehead atoms. The smallest absolute Gasteiger partial charge is 0.314 e. The van der Waals surface area contributed by atoms with Gasteiger partial charge in [-0.25, -0.2) is 0 Å². The third-order valence-corrected chi connectivity index (χ3v) is 6.16. The van der Waals surface area contributed by atoms with E-state index >= 15 is 0 Å². The number of rotatable bonds is 9. The Labute approximate surface area is 175 Å².